The second-order valence-electron chi connectivity index (χ2n) is 3.74. The third kappa shape index (κ3) is 4.46. The molecule has 2 rings (SSSR count). The molecule has 0 unspecified atom stereocenters. The molecule has 102 valence electrons. The van der Waals surface area contributed by atoms with Gasteiger partial charge in [-0.3, -0.25) is 5.32 Å². The van der Waals surface area contributed by atoms with Crippen molar-refractivity contribution in [1.82, 2.24) is 15.6 Å². The van der Waals surface area contributed by atoms with Gasteiger partial charge in [-0.25, -0.2) is 9.78 Å². The average Bonchev–Trinajstić information content (AvgIpc) is 2.97. The van der Waals surface area contributed by atoms with Crippen LogP contribution in [0.15, 0.2) is 16.8 Å². The van der Waals surface area contributed by atoms with Crippen LogP contribution in [0.25, 0.3) is 0 Å². The van der Waals surface area contributed by atoms with Gasteiger partial charge in [0.25, 0.3) is 0 Å². The summed E-state index contributed by atoms with van der Waals surface area (Å²) in [5.41, 5.74) is 1.90. The lowest BCUT2D eigenvalue weighted by molar-refractivity contribution is 0.251. The summed E-state index contributed by atoms with van der Waals surface area (Å²) in [6.45, 7) is 1.14. The first-order valence-corrected chi connectivity index (χ1v) is 7.68. The summed E-state index contributed by atoms with van der Waals surface area (Å²) in [4.78, 5) is 15.9. The number of halogens is 1. The van der Waals surface area contributed by atoms with Gasteiger partial charge in [0, 0.05) is 18.5 Å². The Balaban J connectivity index is 1.80. The first-order valence-electron chi connectivity index (χ1n) is 5.54. The maximum atomic E-state index is 11.7. The number of urea groups is 1. The highest BCUT2D eigenvalue weighted by Crippen LogP contribution is 2.19. The number of anilines is 1. The Morgan fingerprint density at radius 2 is 2.21 bits per heavy atom. The zero-order valence-corrected chi connectivity index (χ0v) is 12.6. The quantitative estimate of drug-likeness (QED) is 0.794. The molecular weight excluding hydrogens is 304 g/mol. The van der Waals surface area contributed by atoms with Gasteiger partial charge < -0.3 is 10.6 Å². The van der Waals surface area contributed by atoms with Crippen molar-refractivity contribution >= 4 is 45.4 Å². The Labute approximate surface area is 124 Å². The number of thiophene rings is 1. The first kappa shape index (κ1) is 14.3. The normalized spacial score (nSPS) is 10.4. The Kier molecular flexibility index (Phi) is 5.15. The minimum Gasteiger partial charge on any atom is -0.334 e. The van der Waals surface area contributed by atoms with Crippen LogP contribution in [0.3, 0.4) is 0 Å². The van der Waals surface area contributed by atoms with Crippen molar-refractivity contribution in [2.45, 2.75) is 13.1 Å². The van der Waals surface area contributed by atoms with Crippen LogP contribution in [0.2, 0.25) is 4.34 Å². The van der Waals surface area contributed by atoms with E-state index in [1.165, 1.54) is 22.7 Å². The molecule has 0 spiro atoms. The molecule has 5 nitrogen and oxygen atoms in total. The van der Waals surface area contributed by atoms with Crippen LogP contribution >= 0.6 is 34.3 Å². The molecule has 0 aliphatic carbocycles. The number of amides is 2. The van der Waals surface area contributed by atoms with Crippen molar-refractivity contribution < 1.29 is 4.79 Å². The lowest BCUT2D eigenvalue weighted by Crippen LogP contribution is -2.27. The zero-order valence-electron chi connectivity index (χ0n) is 10.2. The van der Waals surface area contributed by atoms with Crippen molar-refractivity contribution in [3.8, 4) is 0 Å². The minimum atomic E-state index is -0.271. The molecule has 19 heavy (non-hydrogen) atoms. The van der Waals surface area contributed by atoms with Crippen molar-refractivity contribution in [2.24, 2.45) is 0 Å². The lowest BCUT2D eigenvalue weighted by Gasteiger charge is -2.03. The highest BCUT2D eigenvalue weighted by Gasteiger charge is 2.06. The van der Waals surface area contributed by atoms with E-state index >= 15 is 0 Å². The third-order valence-corrected chi connectivity index (χ3v) is 4.15. The van der Waals surface area contributed by atoms with Crippen molar-refractivity contribution in [3.63, 3.8) is 0 Å². The average molecular weight is 317 g/mol. The van der Waals surface area contributed by atoms with E-state index < -0.39 is 0 Å². The molecule has 0 saturated heterocycles. The molecular formula is C11H13ClN4OS2. The van der Waals surface area contributed by atoms with Crippen LogP contribution in [0.4, 0.5) is 9.93 Å². The van der Waals surface area contributed by atoms with Gasteiger partial charge in [-0.2, -0.15) is 0 Å². The third-order valence-electron chi connectivity index (χ3n) is 2.20. The molecule has 2 heterocycles. The summed E-state index contributed by atoms with van der Waals surface area (Å²) in [5.74, 6) is 0. The zero-order chi connectivity index (χ0) is 13.7. The van der Waals surface area contributed by atoms with Crippen LogP contribution in [0.1, 0.15) is 11.3 Å². The fourth-order valence-corrected chi connectivity index (χ4v) is 3.00. The summed E-state index contributed by atoms with van der Waals surface area (Å²) in [6.07, 6.45) is 0. The first-order chi connectivity index (χ1) is 9.17. The molecule has 2 amide bonds. The number of carbonyl (C=O) groups is 1. The Morgan fingerprint density at radius 1 is 1.37 bits per heavy atom. The van der Waals surface area contributed by atoms with E-state index in [1.807, 2.05) is 23.9 Å². The summed E-state index contributed by atoms with van der Waals surface area (Å²) in [7, 11) is 1.85. The van der Waals surface area contributed by atoms with Crippen LogP contribution in [-0.4, -0.2) is 18.1 Å². The number of carbonyl (C=O) groups excluding carboxylic acids is 1. The molecule has 0 bridgehead atoms. The number of nitrogens with one attached hydrogen (secondary N) is 3. The highest BCUT2D eigenvalue weighted by molar-refractivity contribution is 7.14. The van der Waals surface area contributed by atoms with Gasteiger partial charge >= 0.3 is 6.03 Å². The van der Waals surface area contributed by atoms with Gasteiger partial charge in [-0.05, 0) is 24.1 Å². The summed E-state index contributed by atoms with van der Waals surface area (Å²) in [6, 6.07) is 1.56. The number of rotatable bonds is 5. The lowest BCUT2D eigenvalue weighted by atomic mass is 10.3. The van der Waals surface area contributed by atoms with E-state index in [0.717, 1.165) is 11.3 Å². The largest absolute Gasteiger partial charge is 0.334 e. The van der Waals surface area contributed by atoms with Crippen LogP contribution in [0, 0.1) is 0 Å². The fourth-order valence-electron chi connectivity index (χ4n) is 1.39. The summed E-state index contributed by atoms with van der Waals surface area (Å²) in [5, 5.41) is 12.9. The van der Waals surface area contributed by atoms with E-state index in [9.17, 15) is 4.79 Å². The summed E-state index contributed by atoms with van der Waals surface area (Å²) >= 11 is 8.66. The summed E-state index contributed by atoms with van der Waals surface area (Å²) < 4.78 is 0.717. The molecule has 2 aromatic rings. The van der Waals surface area contributed by atoms with E-state index in [-0.39, 0.29) is 6.03 Å². The van der Waals surface area contributed by atoms with E-state index in [4.69, 9.17) is 11.6 Å². The maximum absolute atomic E-state index is 11.7. The topological polar surface area (TPSA) is 66.0 Å². The highest BCUT2D eigenvalue weighted by atomic mass is 35.5. The van der Waals surface area contributed by atoms with Crippen molar-refractivity contribution in [1.29, 1.82) is 0 Å². The SMILES string of the molecule is CNCc1csc(NC(=O)NCc2csc(Cl)c2)n1. The van der Waals surface area contributed by atoms with Gasteiger partial charge in [0.05, 0.1) is 10.0 Å². The monoisotopic (exact) mass is 316 g/mol. The fraction of sp³-hybridized carbons (Fsp3) is 0.273. The molecule has 3 N–H and O–H groups in total. The number of hydrogen-bond donors (Lipinski definition) is 3. The van der Waals surface area contributed by atoms with Gasteiger partial charge in [0.1, 0.15) is 0 Å². The maximum Gasteiger partial charge on any atom is 0.321 e. The Morgan fingerprint density at radius 3 is 2.89 bits per heavy atom. The van der Waals surface area contributed by atoms with Crippen LogP contribution in [-0.2, 0) is 13.1 Å². The number of nitrogens with zero attached hydrogens (tertiary/aromatic N) is 1. The van der Waals surface area contributed by atoms with E-state index in [2.05, 4.69) is 20.9 Å². The number of hydrogen-bond acceptors (Lipinski definition) is 5. The van der Waals surface area contributed by atoms with E-state index in [1.54, 1.807) is 0 Å². The van der Waals surface area contributed by atoms with Crippen LogP contribution in [0.5, 0.6) is 0 Å². The molecule has 0 radical (unpaired) electrons. The van der Waals surface area contributed by atoms with Crippen molar-refractivity contribution in [3.05, 3.63) is 32.4 Å². The number of aromatic nitrogens is 1. The van der Waals surface area contributed by atoms with Gasteiger partial charge in [0.15, 0.2) is 5.13 Å². The molecule has 0 atom stereocenters. The molecule has 0 aromatic carbocycles. The molecule has 8 heteroatoms. The van der Waals surface area contributed by atoms with Gasteiger partial charge in [-0.1, -0.05) is 11.6 Å². The van der Waals surface area contributed by atoms with Crippen molar-refractivity contribution in [2.75, 3.05) is 12.4 Å². The predicted molar refractivity (Wildman–Crippen MR) is 80.1 cm³/mol. The predicted octanol–water partition coefficient (Wildman–Crippen LogP) is 2.90. The second-order valence-corrected chi connectivity index (χ2v) is 6.14. The molecule has 0 fully saturated rings. The second kappa shape index (κ2) is 6.85. The van der Waals surface area contributed by atoms with Gasteiger partial charge in [0.2, 0.25) is 0 Å². The molecule has 0 saturated carbocycles. The molecule has 0 aliphatic heterocycles. The van der Waals surface area contributed by atoms with E-state index in [0.29, 0.717) is 22.6 Å². The van der Waals surface area contributed by atoms with Crippen LogP contribution < -0.4 is 16.0 Å². The standard InChI is InChI=1S/C11H13ClN4OS2/c1-13-4-8-6-19-11(15-8)16-10(17)14-3-7-2-9(12)18-5-7/h2,5-6,13H,3-4H2,1H3,(H2,14,15,16,17). The Bertz CT molecular complexity index is 554. The number of thiazole rings is 1. The molecule has 2 aromatic heterocycles. The molecule has 0 aliphatic rings. The Hall–Kier alpha value is -1.15. The minimum absolute atomic E-state index is 0.271. The smallest absolute Gasteiger partial charge is 0.321 e. The van der Waals surface area contributed by atoms with Gasteiger partial charge in [-0.15, -0.1) is 22.7 Å².